The maximum atomic E-state index is 4.94. The summed E-state index contributed by atoms with van der Waals surface area (Å²) in [5, 5.41) is 0. The van der Waals surface area contributed by atoms with Gasteiger partial charge in [0.25, 0.3) is 0 Å². The first-order valence-corrected chi connectivity index (χ1v) is 13.6. The SMILES string of the molecule is CC1(C)c2c[c-]c(-c3ccc(-c4nc(-c5ccccc5)cc(-c5ccccc5)n4)cn3)cc2C(C)(C)C1(C)C.[Ir]. The molecule has 0 N–H and O–H groups in total. The summed E-state index contributed by atoms with van der Waals surface area (Å²) in [5.41, 5.74) is 9.71. The minimum atomic E-state index is 0. The molecular weight excluding hydrogens is 667 g/mol. The normalized spacial score (nSPS) is 16.1. The van der Waals surface area contributed by atoms with Gasteiger partial charge < -0.3 is 4.98 Å². The minimum absolute atomic E-state index is 0. The van der Waals surface area contributed by atoms with Crippen molar-refractivity contribution in [3.05, 3.63) is 114 Å². The third kappa shape index (κ3) is 4.44. The van der Waals surface area contributed by atoms with Crippen molar-refractivity contribution < 1.29 is 20.1 Å². The van der Waals surface area contributed by atoms with Crippen LogP contribution in [0, 0.1) is 11.5 Å². The Morgan fingerprint density at radius 2 is 1.12 bits per heavy atom. The Morgan fingerprint density at radius 3 is 1.65 bits per heavy atom. The number of aromatic nitrogens is 3. The quantitative estimate of drug-likeness (QED) is 0.176. The maximum Gasteiger partial charge on any atom is 0.161 e. The van der Waals surface area contributed by atoms with Crippen molar-refractivity contribution in [3.8, 4) is 45.2 Å². The van der Waals surface area contributed by atoms with Gasteiger partial charge >= 0.3 is 0 Å². The van der Waals surface area contributed by atoms with E-state index < -0.39 is 0 Å². The summed E-state index contributed by atoms with van der Waals surface area (Å²) >= 11 is 0. The number of fused-ring (bicyclic) bond motifs is 1. The zero-order chi connectivity index (χ0) is 27.4. The van der Waals surface area contributed by atoms with Crippen LogP contribution in [-0.2, 0) is 30.9 Å². The number of nitrogens with zero attached hydrogens (tertiary/aromatic N) is 3. The molecule has 40 heavy (non-hydrogen) atoms. The van der Waals surface area contributed by atoms with Crippen LogP contribution in [-0.4, -0.2) is 15.0 Å². The predicted molar refractivity (Wildman–Crippen MR) is 160 cm³/mol. The molecule has 0 unspecified atom stereocenters. The van der Waals surface area contributed by atoms with Gasteiger partial charge in [0.1, 0.15) is 0 Å². The fourth-order valence-electron chi connectivity index (χ4n) is 5.90. The molecule has 0 fully saturated rings. The molecule has 0 spiro atoms. The van der Waals surface area contributed by atoms with Crippen LogP contribution in [0.1, 0.15) is 52.7 Å². The third-order valence-electron chi connectivity index (χ3n) is 9.59. The Bertz CT molecular complexity index is 1600. The van der Waals surface area contributed by atoms with Gasteiger partial charge in [0.2, 0.25) is 0 Å². The molecule has 203 valence electrons. The molecular formula is C36H34IrN3-. The van der Waals surface area contributed by atoms with Gasteiger partial charge in [-0.25, -0.2) is 9.97 Å². The molecule has 1 aliphatic rings. The molecule has 0 saturated carbocycles. The van der Waals surface area contributed by atoms with Gasteiger partial charge in [0.15, 0.2) is 5.82 Å². The molecule has 6 rings (SSSR count). The smallest absolute Gasteiger partial charge is 0.161 e. The zero-order valence-corrected chi connectivity index (χ0v) is 26.3. The van der Waals surface area contributed by atoms with Crippen molar-refractivity contribution in [2.24, 2.45) is 5.41 Å². The van der Waals surface area contributed by atoms with Crippen LogP contribution in [0.4, 0.5) is 0 Å². The Labute approximate surface area is 251 Å². The van der Waals surface area contributed by atoms with E-state index in [1.807, 2.05) is 42.6 Å². The molecule has 0 atom stereocenters. The molecule has 1 radical (unpaired) electrons. The molecule has 2 heterocycles. The minimum Gasteiger partial charge on any atom is -0.304 e. The van der Waals surface area contributed by atoms with Crippen LogP contribution >= 0.6 is 0 Å². The molecule has 3 nitrogen and oxygen atoms in total. The van der Waals surface area contributed by atoms with Gasteiger partial charge in [0.05, 0.1) is 11.4 Å². The van der Waals surface area contributed by atoms with Crippen molar-refractivity contribution in [2.75, 3.05) is 0 Å². The fourth-order valence-corrected chi connectivity index (χ4v) is 5.90. The van der Waals surface area contributed by atoms with E-state index in [-0.39, 0.29) is 36.4 Å². The summed E-state index contributed by atoms with van der Waals surface area (Å²) in [5.74, 6) is 0.664. The van der Waals surface area contributed by atoms with Crippen molar-refractivity contribution in [3.63, 3.8) is 0 Å². The summed E-state index contributed by atoms with van der Waals surface area (Å²) in [6, 6.07) is 34.7. The second-order valence-electron chi connectivity index (χ2n) is 12.2. The fraction of sp³-hybridized carbons (Fsp3) is 0.250. The first kappa shape index (κ1) is 28.1. The third-order valence-corrected chi connectivity index (χ3v) is 9.59. The average molecular weight is 701 g/mol. The molecule has 5 aromatic rings. The predicted octanol–water partition coefficient (Wildman–Crippen LogP) is 8.93. The van der Waals surface area contributed by atoms with Crippen LogP contribution in [0.15, 0.2) is 97.2 Å². The Hall–Kier alpha value is -3.46. The maximum absolute atomic E-state index is 4.94. The van der Waals surface area contributed by atoms with E-state index in [4.69, 9.17) is 15.0 Å². The standard InChI is InChI=1S/C36H34N3.Ir/c1-34(2)28-19-17-26(21-29(28)35(3,4)36(34,5)6)30-20-18-27(23-37-30)33-38-31(24-13-9-7-10-14-24)22-32(39-33)25-15-11-8-12-16-25;/h7-16,18-23H,1-6H3;/q-1;. The van der Waals surface area contributed by atoms with Crippen LogP contribution in [0.25, 0.3) is 45.2 Å². The van der Waals surface area contributed by atoms with Gasteiger partial charge in [-0.2, -0.15) is 0 Å². The largest absolute Gasteiger partial charge is 0.304 e. The summed E-state index contributed by atoms with van der Waals surface area (Å²) in [6.07, 6.45) is 1.88. The van der Waals surface area contributed by atoms with Crippen molar-refractivity contribution in [2.45, 2.75) is 52.4 Å². The van der Waals surface area contributed by atoms with Crippen LogP contribution in [0.5, 0.6) is 0 Å². The second-order valence-corrected chi connectivity index (χ2v) is 12.2. The van der Waals surface area contributed by atoms with Gasteiger partial charge in [-0.3, -0.25) is 0 Å². The molecule has 2 aromatic heterocycles. The number of hydrogen-bond acceptors (Lipinski definition) is 3. The summed E-state index contributed by atoms with van der Waals surface area (Å²) < 4.78 is 0. The van der Waals surface area contributed by atoms with E-state index >= 15 is 0 Å². The van der Waals surface area contributed by atoms with E-state index in [1.54, 1.807) is 0 Å². The van der Waals surface area contributed by atoms with Gasteiger partial charge in [0, 0.05) is 43.0 Å². The summed E-state index contributed by atoms with van der Waals surface area (Å²) in [7, 11) is 0. The van der Waals surface area contributed by atoms with E-state index in [0.29, 0.717) is 5.82 Å². The van der Waals surface area contributed by atoms with Crippen LogP contribution in [0.2, 0.25) is 0 Å². The molecule has 4 heteroatoms. The number of pyridine rings is 1. The summed E-state index contributed by atoms with van der Waals surface area (Å²) in [4.78, 5) is 14.7. The molecule has 0 amide bonds. The van der Waals surface area contributed by atoms with E-state index in [0.717, 1.165) is 39.3 Å². The molecule has 0 bridgehead atoms. The van der Waals surface area contributed by atoms with Gasteiger partial charge in [-0.05, 0) is 28.0 Å². The van der Waals surface area contributed by atoms with Gasteiger partial charge in [-0.15, -0.1) is 34.9 Å². The average Bonchev–Trinajstić information content (AvgIpc) is 3.07. The van der Waals surface area contributed by atoms with Crippen molar-refractivity contribution in [1.82, 2.24) is 15.0 Å². The second kappa shape index (κ2) is 10.2. The van der Waals surface area contributed by atoms with Gasteiger partial charge in [-0.1, -0.05) is 114 Å². The first-order chi connectivity index (χ1) is 18.6. The van der Waals surface area contributed by atoms with E-state index in [1.165, 1.54) is 11.1 Å². The molecule has 0 saturated heterocycles. The van der Waals surface area contributed by atoms with E-state index in [9.17, 15) is 0 Å². The van der Waals surface area contributed by atoms with Crippen molar-refractivity contribution >= 4 is 0 Å². The summed E-state index contributed by atoms with van der Waals surface area (Å²) in [6.45, 7) is 14.2. The number of hydrogen-bond donors (Lipinski definition) is 0. The monoisotopic (exact) mass is 701 g/mol. The Morgan fingerprint density at radius 1 is 0.575 bits per heavy atom. The van der Waals surface area contributed by atoms with Crippen LogP contribution in [0.3, 0.4) is 0 Å². The Kier molecular flexibility index (Phi) is 7.15. The first-order valence-electron chi connectivity index (χ1n) is 13.6. The zero-order valence-electron chi connectivity index (χ0n) is 23.9. The number of benzene rings is 3. The van der Waals surface area contributed by atoms with E-state index in [2.05, 4.69) is 102 Å². The topological polar surface area (TPSA) is 38.7 Å². The Balaban J connectivity index is 0.00000323. The molecule has 1 aliphatic carbocycles. The number of rotatable bonds is 4. The van der Waals surface area contributed by atoms with Crippen molar-refractivity contribution in [1.29, 1.82) is 0 Å². The van der Waals surface area contributed by atoms with Crippen LogP contribution < -0.4 is 0 Å². The molecule has 0 aliphatic heterocycles. The molecule has 3 aromatic carbocycles.